The Morgan fingerprint density at radius 2 is 2.25 bits per heavy atom. The SMILES string of the molecule is CCN(Cc1cccs1)C(=O)c1cc(C)nc(NC)c1. The van der Waals surface area contributed by atoms with Crippen molar-refractivity contribution in [2.75, 3.05) is 18.9 Å². The predicted molar refractivity (Wildman–Crippen MR) is 83.3 cm³/mol. The monoisotopic (exact) mass is 289 g/mol. The number of amides is 1. The lowest BCUT2D eigenvalue weighted by molar-refractivity contribution is 0.0754. The number of thiophene rings is 1. The van der Waals surface area contributed by atoms with Gasteiger partial charge in [-0.2, -0.15) is 0 Å². The van der Waals surface area contributed by atoms with E-state index in [1.807, 2.05) is 36.3 Å². The molecule has 20 heavy (non-hydrogen) atoms. The van der Waals surface area contributed by atoms with Crippen LogP contribution in [0.2, 0.25) is 0 Å². The van der Waals surface area contributed by atoms with Crippen LogP contribution in [0, 0.1) is 6.92 Å². The molecule has 0 aliphatic rings. The van der Waals surface area contributed by atoms with Gasteiger partial charge in [-0.15, -0.1) is 11.3 Å². The number of rotatable bonds is 5. The van der Waals surface area contributed by atoms with E-state index in [4.69, 9.17) is 0 Å². The van der Waals surface area contributed by atoms with E-state index in [1.165, 1.54) is 4.88 Å². The van der Waals surface area contributed by atoms with Gasteiger partial charge < -0.3 is 10.2 Å². The summed E-state index contributed by atoms with van der Waals surface area (Å²) in [7, 11) is 1.80. The highest BCUT2D eigenvalue weighted by Gasteiger charge is 2.16. The Hall–Kier alpha value is -1.88. The highest BCUT2D eigenvalue weighted by molar-refractivity contribution is 7.09. The molecule has 1 N–H and O–H groups in total. The van der Waals surface area contributed by atoms with Crippen LogP contribution >= 0.6 is 11.3 Å². The number of carbonyl (C=O) groups is 1. The van der Waals surface area contributed by atoms with Crippen LogP contribution in [0.1, 0.15) is 27.9 Å². The van der Waals surface area contributed by atoms with Gasteiger partial charge in [-0.1, -0.05) is 6.07 Å². The van der Waals surface area contributed by atoms with E-state index in [2.05, 4.69) is 16.4 Å². The summed E-state index contributed by atoms with van der Waals surface area (Å²) in [4.78, 5) is 20.0. The van der Waals surface area contributed by atoms with Crippen LogP contribution in [0.15, 0.2) is 29.6 Å². The first-order chi connectivity index (χ1) is 9.63. The molecule has 0 aromatic carbocycles. The molecule has 0 bridgehead atoms. The third-order valence-corrected chi connectivity index (χ3v) is 3.91. The van der Waals surface area contributed by atoms with E-state index in [0.29, 0.717) is 18.7 Å². The fourth-order valence-corrected chi connectivity index (χ4v) is 2.74. The lowest BCUT2D eigenvalue weighted by atomic mass is 10.2. The first-order valence-corrected chi connectivity index (χ1v) is 7.50. The number of anilines is 1. The molecule has 5 heteroatoms. The van der Waals surface area contributed by atoms with E-state index in [-0.39, 0.29) is 5.91 Å². The summed E-state index contributed by atoms with van der Waals surface area (Å²) in [5.74, 6) is 0.767. The van der Waals surface area contributed by atoms with Crippen LogP contribution < -0.4 is 5.32 Å². The first kappa shape index (κ1) is 14.5. The van der Waals surface area contributed by atoms with Crippen LogP contribution in [0.3, 0.4) is 0 Å². The summed E-state index contributed by atoms with van der Waals surface area (Å²) in [6.07, 6.45) is 0. The van der Waals surface area contributed by atoms with Gasteiger partial charge in [0.25, 0.3) is 5.91 Å². The lowest BCUT2D eigenvalue weighted by Gasteiger charge is -2.20. The Bertz CT molecular complexity index is 581. The van der Waals surface area contributed by atoms with Crippen molar-refractivity contribution in [3.05, 3.63) is 45.8 Å². The van der Waals surface area contributed by atoms with Crippen molar-refractivity contribution in [2.45, 2.75) is 20.4 Å². The minimum atomic E-state index is 0.0444. The van der Waals surface area contributed by atoms with Crippen molar-refractivity contribution in [1.82, 2.24) is 9.88 Å². The molecule has 0 saturated carbocycles. The third-order valence-electron chi connectivity index (χ3n) is 3.05. The number of nitrogens with zero attached hydrogens (tertiary/aromatic N) is 2. The number of hydrogen-bond donors (Lipinski definition) is 1. The summed E-state index contributed by atoms with van der Waals surface area (Å²) in [6, 6.07) is 7.69. The van der Waals surface area contributed by atoms with Gasteiger partial charge in [0.2, 0.25) is 0 Å². The molecule has 0 spiro atoms. The van der Waals surface area contributed by atoms with Gasteiger partial charge in [0, 0.05) is 29.7 Å². The molecule has 4 nitrogen and oxygen atoms in total. The van der Waals surface area contributed by atoms with Gasteiger partial charge in [-0.05, 0) is 37.4 Å². The number of aryl methyl sites for hydroxylation is 1. The molecule has 0 fully saturated rings. The topological polar surface area (TPSA) is 45.2 Å². The summed E-state index contributed by atoms with van der Waals surface area (Å²) < 4.78 is 0. The lowest BCUT2D eigenvalue weighted by Crippen LogP contribution is -2.30. The zero-order chi connectivity index (χ0) is 14.5. The molecule has 0 aliphatic heterocycles. The van der Waals surface area contributed by atoms with E-state index < -0.39 is 0 Å². The fraction of sp³-hybridized carbons (Fsp3) is 0.333. The van der Waals surface area contributed by atoms with E-state index in [0.717, 1.165) is 11.5 Å². The highest BCUT2D eigenvalue weighted by Crippen LogP contribution is 2.16. The van der Waals surface area contributed by atoms with Crippen LogP contribution in [0.5, 0.6) is 0 Å². The molecule has 106 valence electrons. The smallest absolute Gasteiger partial charge is 0.254 e. The normalized spacial score (nSPS) is 10.3. The second-order valence-electron chi connectivity index (χ2n) is 4.53. The van der Waals surface area contributed by atoms with Gasteiger partial charge >= 0.3 is 0 Å². The van der Waals surface area contributed by atoms with E-state index >= 15 is 0 Å². The first-order valence-electron chi connectivity index (χ1n) is 6.62. The molecule has 2 aromatic rings. The van der Waals surface area contributed by atoms with Crippen molar-refractivity contribution >= 4 is 23.1 Å². The number of pyridine rings is 1. The number of aromatic nitrogens is 1. The van der Waals surface area contributed by atoms with Gasteiger partial charge in [-0.25, -0.2) is 4.98 Å². The molecule has 0 radical (unpaired) electrons. The highest BCUT2D eigenvalue weighted by atomic mass is 32.1. The fourth-order valence-electron chi connectivity index (χ4n) is 2.02. The summed E-state index contributed by atoms with van der Waals surface area (Å²) >= 11 is 1.67. The Morgan fingerprint density at radius 3 is 2.85 bits per heavy atom. The molecule has 2 heterocycles. The van der Waals surface area contributed by atoms with Crippen LogP contribution in [0.25, 0.3) is 0 Å². The maximum Gasteiger partial charge on any atom is 0.254 e. The molecule has 0 aliphatic carbocycles. The minimum absolute atomic E-state index is 0.0444. The Balaban J connectivity index is 2.21. The average molecular weight is 289 g/mol. The molecule has 0 saturated heterocycles. The average Bonchev–Trinajstić information content (AvgIpc) is 2.96. The molecular formula is C15H19N3OS. The quantitative estimate of drug-likeness (QED) is 0.919. The van der Waals surface area contributed by atoms with Crippen molar-refractivity contribution in [2.24, 2.45) is 0 Å². The third kappa shape index (κ3) is 3.36. The largest absolute Gasteiger partial charge is 0.373 e. The van der Waals surface area contributed by atoms with Crippen molar-refractivity contribution in [1.29, 1.82) is 0 Å². The Kier molecular flexibility index (Phi) is 4.74. The predicted octanol–water partition coefficient (Wildman–Crippen LogP) is 3.16. The van der Waals surface area contributed by atoms with E-state index in [1.54, 1.807) is 24.5 Å². The standard InChI is InChI=1S/C15H19N3OS/c1-4-18(10-13-6-5-7-20-13)15(19)12-8-11(2)17-14(9-12)16-3/h5-9H,4,10H2,1-3H3,(H,16,17). The molecule has 0 atom stereocenters. The minimum Gasteiger partial charge on any atom is -0.373 e. The number of carbonyl (C=O) groups excluding carboxylic acids is 1. The summed E-state index contributed by atoms with van der Waals surface area (Å²) in [6.45, 7) is 5.24. The molecule has 2 rings (SSSR count). The van der Waals surface area contributed by atoms with Crippen LogP contribution in [-0.4, -0.2) is 29.4 Å². The maximum absolute atomic E-state index is 12.6. The van der Waals surface area contributed by atoms with Crippen molar-refractivity contribution in [3.8, 4) is 0 Å². The second-order valence-corrected chi connectivity index (χ2v) is 5.56. The van der Waals surface area contributed by atoms with E-state index in [9.17, 15) is 4.79 Å². The van der Waals surface area contributed by atoms with Crippen LogP contribution in [-0.2, 0) is 6.54 Å². The number of hydrogen-bond acceptors (Lipinski definition) is 4. The molecule has 0 unspecified atom stereocenters. The summed E-state index contributed by atoms with van der Waals surface area (Å²) in [5.41, 5.74) is 1.52. The summed E-state index contributed by atoms with van der Waals surface area (Å²) in [5, 5.41) is 5.02. The van der Waals surface area contributed by atoms with Crippen LogP contribution in [0.4, 0.5) is 5.82 Å². The Morgan fingerprint density at radius 1 is 1.45 bits per heavy atom. The van der Waals surface area contributed by atoms with Gasteiger partial charge in [0.05, 0.1) is 6.54 Å². The molecular weight excluding hydrogens is 270 g/mol. The second kappa shape index (κ2) is 6.52. The van der Waals surface area contributed by atoms with Gasteiger partial charge in [-0.3, -0.25) is 4.79 Å². The maximum atomic E-state index is 12.6. The molecule has 2 aromatic heterocycles. The molecule has 1 amide bonds. The zero-order valence-corrected chi connectivity index (χ0v) is 12.8. The van der Waals surface area contributed by atoms with Gasteiger partial charge in [0.15, 0.2) is 0 Å². The van der Waals surface area contributed by atoms with Crippen molar-refractivity contribution in [3.63, 3.8) is 0 Å². The Labute approximate surface area is 123 Å². The zero-order valence-electron chi connectivity index (χ0n) is 12.0. The van der Waals surface area contributed by atoms with Crippen molar-refractivity contribution < 1.29 is 4.79 Å². The number of nitrogens with one attached hydrogen (secondary N) is 1. The van der Waals surface area contributed by atoms with Gasteiger partial charge in [0.1, 0.15) is 5.82 Å².